The fraction of sp³-hybridized carbons (Fsp3) is 0.0476. The van der Waals surface area contributed by atoms with E-state index in [2.05, 4.69) is 25.9 Å². The number of H-pyrrole nitrogens is 1. The molecule has 0 unspecified atom stereocenters. The van der Waals surface area contributed by atoms with Crippen molar-refractivity contribution in [2.24, 2.45) is 0 Å². The predicted molar refractivity (Wildman–Crippen MR) is 103 cm³/mol. The molecule has 6 nitrogen and oxygen atoms in total. The molecule has 0 spiro atoms. The minimum atomic E-state index is -0.112. The maximum absolute atomic E-state index is 12.8. The van der Waals surface area contributed by atoms with Crippen molar-refractivity contribution >= 4 is 5.91 Å². The molecule has 4 rings (SSSR count). The van der Waals surface area contributed by atoms with E-state index in [1.165, 1.54) is 0 Å². The number of nitrogens with zero attached hydrogens (tertiary/aromatic N) is 3. The largest absolute Gasteiger partial charge is 0.348 e. The maximum Gasteiger partial charge on any atom is 0.252 e. The lowest BCUT2D eigenvalue weighted by Crippen LogP contribution is -2.23. The molecule has 1 amide bonds. The molecule has 0 aliphatic carbocycles. The Hall–Kier alpha value is -3.80. The summed E-state index contributed by atoms with van der Waals surface area (Å²) < 4.78 is 0. The van der Waals surface area contributed by atoms with Crippen molar-refractivity contribution in [1.82, 2.24) is 25.9 Å². The number of aromatic amines is 1. The van der Waals surface area contributed by atoms with Gasteiger partial charge in [0, 0.05) is 17.7 Å². The van der Waals surface area contributed by atoms with Gasteiger partial charge in [-0.25, -0.2) is 0 Å². The second-order valence-corrected chi connectivity index (χ2v) is 6.03. The van der Waals surface area contributed by atoms with Crippen LogP contribution >= 0.6 is 0 Å². The van der Waals surface area contributed by atoms with Gasteiger partial charge in [0.1, 0.15) is 0 Å². The molecule has 2 N–H and O–H groups in total. The minimum absolute atomic E-state index is 0.112. The third kappa shape index (κ3) is 3.74. The van der Waals surface area contributed by atoms with Crippen LogP contribution in [0.5, 0.6) is 0 Å². The zero-order valence-corrected chi connectivity index (χ0v) is 14.5. The number of tetrazole rings is 1. The quantitative estimate of drug-likeness (QED) is 0.574. The molecule has 132 valence electrons. The minimum Gasteiger partial charge on any atom is -0.348 e. The first-order chi connectivity index (χ1) is 13.3. The number of aromatic nitrogens is 4. The summed E-state index contributed by atoms with van der Waals surface area (Å²) in [5, 5.41) is 17.0. The SMILES string of the molecule is O=C(NCc1cccc(-c2nn[nH]n2)c1)c1ccccc1-c1ccccc1. The molecule has 0 saturated carbocycles. The Bertz CT molecular complexity index is 1050. The van der Waals surface area contributed by atoms with Crippen LogP contribution in [0.2, 0.25) is 0 Å². The number of rotatable bonds is 5. The van der Waals surface area contributed by atoms with Gasteiger partial charge in [-0.2, -0.15) is 5.21 Å². The average Bonchev–Trinajstić information content (AvgIpc) is 3.28. The molecule has 0 bridgehead atoms. The Balaban J connectivity index is 1.52. The molecule has 1 aromatic heterocycles. The van der Waals surface area contributed by atoms with Crippen LogP contribution in [0.4, 0.5) is 0 Å². The second kappa shape index (κ2) is 7.61. The lowest BCUT2D eigenvalue weighted by Gasteiger charge is -2.11. The molecule has 0 radical (unpaired) electrons. The normalized spacial score (nSPS) is 10.5. The maximum atomic E-state index is 12.8. The van der Waals surface area contributed by atoms with Gasteiger partial charge in [0.15, 0.2) is 0 Å². The van der Waals surface area contributed by atoms with Crippen LogP contribution in [-0.4, -0.2) is 26.5 Å². The summed E-state index contributed by atoms with van der Waals surface area (Å²) in [6, 6.07) is 25.2. The molecular weight excluding hydrogens is 338 g/mol. The van der Waals surface area contributed by atoms with Crippen LogP contribution in [0.15, 0.2) is 78.9 Å². The Morgan fingerprint density at radius 2 is 1.67 bits per heavy atom. The van der Waals surface area contributed by atoms with E-state index < -0.39 is 0 Å². The molecule has 4 aromatic rings. The summed E-state index contributed by atoms with van der Waals surface area (Å²) >= 11 is 0. The van der Waals surface area contributed by atoms with Crippen LogP contribution in [-0.2, 0) is 6.54 Å². The molecular formula is C21H17N5O. The number of benzene rings is 3. The Kier molecular flexibility index (Phi) is 4.70. The van der Waals surface area contributed by atoms with Crippen LogP contribution < -0.4 is 5.32 Å². The van der Waals surface area contributed by atoms with E-state index in [1.54, 1.807) is 0 Å². The number of nitrogens with one attached hydrogen (secondary N) is 2. The summed E-state index contributed by atoms with van der Waals surface area (Å²) in [5.74, 6) is 0.414. The number of carbonyl (C=O) groups excluding carboxylic acids is 1. The summed E-state index contributed by atoms with van der Waals surface area (Å²) in [4.78, 5) is 12.8. The van der Waals surface area contributed by atoms with E-state index in [9.17, 15) is 4.79 Å². The predicted octanol–water partition coefficient (Wildman–Crippen LogP) is 3.46. The van der Waals surface area contributed by atoms with Crippen molar-refractivity contribution in [2.45, 2.75) is 6.54 Å². The van der Waals surface area contributed by atoms with Gasteiger partial charge in [-0.3, -0.25) is 4.79 Å². The van der Waals surface area contributed by atoms with Gasteiger partial charge in [0.25, 0.3) is 5.91 Å². The number of hydrogen-bond acceptors (Lipinski definition) is 4. The summed E-state index contributed by atoms with van der Waals surface area (Å²) in [6.07, 6.45) is 0. The second-order valence-electron chi connectivity index (χ2n) is 6.03. The molecule has 0 atom stereocenters. The molecule has 6 heteroatoms. The van der Waals surface area contributed by atoms with Gasteiger partial charge in [-0.1, -0.05) is 66.7 Å². The monoisotopic (exact) mass is 355 g/mol. The Morgan fingerprint density at radius 3 is 2.48 bits per heavy atom. The highest BCUT2D eigenvalue weighted by Crippen LogP contribution is 2.23. The number of amides is 1. The van der Waals surface area contributed by atoms with Crippen LogP contribution in [0.1, 0.15) is 15.9 Å². The number of hydrogen-bond donors (Lipinski definition) is 2. The summed E-state index contributed by atoms with van der Waals surface area (Å²) in [5.41, 5.74) is 4.39. The van der Waals surface area contributed by atoms with Gasteiger partial charge < -0.3 is 5.32 Å². The lowest BCUT2D eigenvalue weighted by atomic mass is 9.99. The van der Waals surface area contributed by atoms with E-state index in [-0.39, 0.29) is 5.91 Å². The van der Waals surface area contributed by atoms with Crippen LogP contribution in [0, 0.1) is 0 Å². The summed E-state index contributed by atoms with van der Waals surface area (Å²) in [6.45, 7) is 0.410. The zero-order chi connectivity index (χ0) is 18.5. The van der Waals surface area contributed by atoms with Gasteiger partial charge in [0.2, 0.25) is 5.82 Å². The van der Waals surface area contributed by atoms with Gasteiger partial charge in [-0.05, 0) is 34.0 Å². The first kappa shape index (κ1) is 16.7. The van der Waals surface area contributed by atoms with Gasteiger partial charge in [0.05, 0.1) is 0 Å². The fourth-order valence-electron chi connectivity index (χ4n) is 2.93. The van der Waals surface area contributed by atoms with Crippen LogP contribution in [0.25, 0.3) is 22.5 Å². The van der Waals surface area contributed by atoms with E-state index in [1.807, 2.05) is 78.9 Å². The average molecular weight is 355 g/mol. The highest BCUT2D eigenvalue weighted by molar-refractivity contribution is 6.00. The molecule has 3 aromatic carbocycles. The smallest absolute Gasteiger partial charge is 0.252 e. The topological polar surface area (TPSA) is 83.6 Å². The highest BCUT2D eigenvalue weighted by Gasteiger charge is 2.12. The van der Waals surface area contributed by atoms with Crippen molar-refractivity contribution < 1.29 is 4.79 Å². The molecule has 27 heavy (non-hydrogen) atoms. The Morgan fingerprint density at radius 1 is 0.889 bits per heavy atom. The molecule has 0 saturated heterocycles. The first-order valence-corrected chi connectivity index (χ1v) is 8.57. The number of carbonyl (C=O) groups is 1. The van der Waals surface area contributed by atoms with Crippen molar-refractivity contribution in [2.75, 3.05) is 0 Å². The lowest BCUT2D eigenvalue weighted by molar-refractivity contribution is 0.0951. The Labute approximate surface area is 156 Å². The molecule has 0 fully saturated rings. The third-order valence-electron chi connectivity index (χ3n) is 4.24. The van der Waals surface area contributed by atoms with E-state index in [0.717, 1.165) is 22.3 Å². The molecule has 0 aliphatic rings. The zero-order valence-electron chi connectivity index (χ0n) is 14.5. The van der Waals surface area contributed by atoms with Gasteiger partial charge >= 0.3 is 0 Å². The van der Waals surface area contributed by atoms with E-state index in [0.29, 0.717) is 17.9 Å². The standard InChI is InChI=1S/C21H17N5O/c27-21(19-12-5-4-11-18(19)16-8-2-1-3-9-16)22-14-15-7-6-10-17(13-15)20-23-25-26-24-20/h1-13H,14H2,(H,22,27)(H,23,24,25,26). The van der Waals surface area contributed by atoms with Crippen molar-refractivity contribution in [3.8, 4) is 22.5 Å². The first-order valence-electron chi connectivity index (χ1n) is 8.57. The highest BCUT2D eigenvalue weighted by atomic mass is 16.1. The van der Waals surface area contributed by atoms with E-state index >= 15 is 0 Å². The van der Waals surface area contributed by atoms with Crippen molar-refractivity contribution in [1.29, 1.82) is 0 Å². The van der Waals surface area contributed by atoms with E-state index in [4.69, 9.17) is 0 Å². The molecule has 0 aliphatic heterocycles. The van der Waals surface area contributed by atoms with Crippen LogP contribution in [0.3, 0.4) is 0 Å². The van der Waals surface area contributed by atoms with Crippen molar-refractivity contribution in [3.05, 3.63) is 90.0 Å². The van der Waals surface area contributed by atoms with Crippen molar-refractivity contribution in [3.63, 3.8) is 0 Å². The molecule has 1 heterocycles. The van der Waals surface area contributed by atoms with Gasteiger partial charge in [-0.15, -0.1) is 10.2 Å². The third-order valence-corrected chi connectivity index (χ3v) is 4.24. The summed E-state index contributed by atoms with van der Waals surface area (Å²) in [7, 11) is 0. The fourth-order valence-corrected chi connectivity index (χ4v) is 2.93.